The molecule has 0 saturated carbocycles. The first-order chi connectivity index (χ1) is 16.2. The molecule has 1 aliphatic heterocycles. The average molecular weight is 520 g/mol. The van der Waals surface area contributed by atoms with Crippen LogP contribution in [0.15, 0.2) is 24.5 Å². The molecular formula is C24H30ClN5O2S2. The quantitative estimate of drug-likeness (QED) is 0.383. The van der Waals surface area contributed by atoms with Gasteiger partial charge >= 0.3 is 6.03 Å². The summed E-state index contributed by atoms with van der Waals surface area (Å²) in [6, 6.07) is 3.76. The maximum absolute atomic E-state index is 13.0. The van der Waals surface area contributed by atoms with Gasteiger partial charge in [0.2, 0.25) is 0 Å². The Balaban J connectivity index is 0.00000274. The van der Waals surface area contributed by atoms with Crippen molar-refractivity contribution in [3.63, 3.8) is 0 Å². The van der Waals surface area contributed by atoms with E-state index in [9.17, 15) is 9.59 Å². The monoisotopic (exact) mass is 519 g/mol. The number of nitrogens with one attached hydrogen (secondary N) is 4. The number of urea groups is 1. The molecule has 10 heteroatoms. The molecule has 1 aliphatic carbocycles. The Hall–Kier alpha value is -2.33. The van der Waals surface area contributed by atoms with Crippen molar-refractivity contribution in [1.29, 1.82) is 0 Å². The second-order valence-corrected chi connectivity index (χ2v) is 10.6. The largest absolute Gasteiger partial charge is 0.352 e. The summed E-state index contributed by atoms with van der Waals surface area (Å²) in [6.07, 6.45) is 9.15. The number of nitrogens with zero attached hydrogens (tertiary/aromatic N) is 1. The van der Waals surface area contributed by atoms with Crippen molar-refractivity contribution in [2.24, 2.45) is 0 Å². The minimum Gasteiger partial charge on any atom is -0.352 e. The summed E-state index contributed by atoms with van der Waals surface area (Å²) in [5, 5.41) is 14.2. The number of thiophene rings is 2. The summed E-state index contributed by atoms with van der Waals surface area (Å²) in [5.74, 6) is -0.0958. The summed E-state index contributed by atoms with van der Waals surface area (Å²) in [5.41, 5.74) is 4.29. The van der Waals surface area contributed by atoms with Gasteiger partial charge in [-0.05, 0) is 68.8 Å². The first kappa shape index (κ1) is 24.8. The molecule has 0 spiro atoms. The molecule has 3 aromatic rings. The van der Waals surface area contributed by atoms with Crippen LogP contribution in [0, 0.1) is 0 Å². The van der Waals surface area contributed by atoms with E-state index in [1.165, 1.54) is 20.9 Å². The van der Waals surface area contributed by atoms with Gasteiger partial charge in [-0.15, -0.1) is 35.1 Å². The Bertz CT molecular complexity index is 1170. The lowest BCUT2D eigenvalue weighted by molar-refractivity contribution is 0.0956. The van der Waals surface area contributed by atoms with Crippen molar-refractivity contribution < 1.29 is 9.59 Å². The van der Waals surface area contributed by atoms with Gasteiger partial charge in [0.25, 0.3) is 5.91 Å². The van der Waals surface area contributed by atoms with E-state index in [0.717, 1.165) is 55.8 Å². The number of rotatable bonds is 6. The van der Waals surface area contributed by atoms with E-state index in [1.54, 1.807) is 22.7 Å². The molecule has 4 N–H and O–H groups in total. The summed E-state index contributed by atoms with van der Waals surface area (Å²) in [4.78, 5) is 28.3. The molecule has 3 amide bonds. The van der Waals surface area contributed by atoms with Gasteiger partial charge in [0.1, 0.15) is 10.0 Å². The fourth-order valence-corrected chi connectivity index (χ4v) is 7.29. The third kappa shape index (κ3) is 4.88. The lowest BCUT2D eigenvalue weighted by Gasteiger charge is -2.15. The van der Waals surface area contributed by atoms with Crippen molar-refractivity contribution in [1.82, 2.24) is 20.5 Å². The van der Waals surface area contributed by atoms with Crippen LogP contribution < -0.4 is 21.3 Å². The highest BCUT2D eigenvalue weighted by molar-refractivity contribution is 7.17. The number of hydrogen-bond acceptors (Lipinski definition) is 5. The second kappa shape index (κ2) is 10.9. The van der Waals surface area contributed by atoms with Gasteiger partial charge in [-0.2, -0.15) is 0 Å². The van der Waals surface area contributed by atoms with Crippen LogP contribution >= 0.6 is 35.1 Å². The van der Waals surface area contributed by atoms with Crippen LogP contribution in [0.2, 0.25) is 0 Å². The predicted octanol–water partition coefficient (Wildman–Crippen LogP) is 4.62. The Kier molecular flexibility index (Phi) is 7.98. The van der Waals surface area contributed by atoms with Crippen LogP contribution in [0.5, 0.6) is 0 Å². The number of anilines is 1. The standard InChI is InChI=1S/C24H29N5O2S2.ClH/c1-2-26-21(30)20-16-7-3-4-8-18(16)32-22(20)28-24(31)27-13-17-15-9-10-25-14-19(15)33-23(17)29-11-5-6-12-29;/h5-6,11-12,25H,2-4,7-10,13-14H2,1H3,(H,26,30)(H2,27,28,31);1H. The highest BCUT2D eigenvalue weighted by atomic mass is 35.5. The van der Waals surface area contributed by atoms with Crippen molar-refractivity contribution in [2.75, 3.05) is 18.4 Å². The zero-order valence-corrected chi connectivity index (χ0v) is 21.6. The number of carbonyl (C=O) groups is 2. The number of halogens is 1. The molecule has 4 heterocycles. The molecule has 5 rings (SSSR count). The molecule has 0 bridgehead atoms. The number of hydrogen-bond donors (Lipinski definition) is 4. The van der Waals surface area contributed by atoms with Crippen LogP contribution in [-0.2, 0) is 32.4 Å². The van der Waals surface area contributed by atoms with E-state index >= 15 is 0 Å². The highest BCUT2D eigenvalue weighted by Gasteiger charge is 2.26. The molecule has 0 radical (unpaired) electrons. The van der Waals surface area contributed by atoms with Gasteiger partial charge in [0, 0.05) is 47.3 Å². The zero-order chi connectivity index (χ0) is 22.8. The van der Waals surface area contributed by atoms with Crippen molar-refractivity contribution in [3.05, 3.63) is 56.5 Å². The van der Waals surface area contributed by atoms with E-state index in [-0.39, 0.29) is 24.3 Å². The Morgan fingerprint density at radius 3 is 2.62 bits per heavy atom. The maximum atomic E-state index is 13.0. The molecular weight excluding hydrogens is 490 g/mol. The summed E-state index contributed by atoms with van der Waals surface area (Å²) >= 11 is 3.33. The zero-order valence-electron chi connectivity index (χ0n) is 19.2. The van der Waals surface area contributed by atoms with E-state index in [0.29, 0.717) is 23.7 Å². The summed E-state index contributed by atoms with van der Waals surface area (Å²) in [7, 11) is 0. The fourth-order valence-electron chi connectivity index (χ4n) is 4.71. The number of amides is 3. The predicted molar refractivity (Wildman–Crippen MR) is 141 cm³/mol. The van der Waals surface area contributed by atoms with Gasteiger partial charge in [0.15, 0.2) is 0 Å². The van der Waals surface area contributed by atoms with Gasteiger partial charge in [0.05, 0.1) is 5.56 Å². The van der Waals surface area contributed by atoms with Crippen LogP contribution in [0.1, 0.15) is 56.6 Å². The van der Waals surface area contributed by atoms with Crippen LogP contribution in [0.3, 0.4) is 0 Å². The number of aromatic nitrogens is 1. The molecule has 182 valence electrons. The molecule has 0 atom stereocenters. The topological polar surface area (TPSA) is 87.2 Å². The smallest absolute Gasteiger partial charge is 0.320 e. The third-order valence-electron chi connectivity index (χ3n) is 6.24. The van der Waals surface area contributed by atoms with E-state index in [4.69, 9.17) is 0 Å². The van der Waals surface area contributed by atoms with Crippen LogP contribution in [0.25, 0.3) is 5.00 Å². The fraction of sp³-hybridized carbons (Fsp3) is 0.417. The maximum Gasteiger partial charge on any atom is 0.320 e. The van der Waals surface area contributed by atoms with Crippen molar-refractivity contribution in [2.45, 2.75) is 52.1 Å². The van der Waals surface area contributed by atoms with Crippen molar-refractivity contribution >= 4 is 52.0 Å². The lowest BCUT2D eigenvalue weighted by Crippen LogP contribution is -2.31. The lowest BCUT2D eigenvalue weighted by atomic mass is 9.95. The summed E-state index contributed by atoms with van der Waals surface area (Å²) < 4.78 is 2.12. The van der Waals surface area contributed by atoms with Gasteiger partial charge in [-0.25, -0.2) is 4.79 Å². The Morgan fingerprint density at radius 1 is 1.03 bits per heavy atom. The number of aryl methyl sites for hydroxylation is 1. The van der Waals surface area contributed by atoms with E-state index in [1.807, 2.05) is 31.5 Å². The molecule has 7 nitrogen and oxygen atoms in total. The molecule has 34 heavy (non-hydrogen) atoms. The highest BCUT2D eigenvalue weighted by Crippen LogP contribution is 2.38. The average Bonchev–Trinajstić information content (AvgIpc) is 3.54. The first-order valence-corrected chi connectivity index (χ1v) is 13.2. The van der Waals surface area contributed by atoms with E-state index < -0.39 is 0 Å². The van der Waals surface area contributed by atoms with Crippen LogP contribution in [0.4, 0.5) is 9.80 Å². The molecule has 0 unspecified atom stereocenters. The molecule has 0 aromatic carbocycles. The SMILES string of the molecule is CCNC(=O)c1c(NC(=O)NCc2c(-n3cccc3)sc3c2CCNC3)sc2c1CCCC2.Cl. The molecule has 2 aliphatic rings. The van der Waals surface area contributed by atoms with Gasteiger partial charge in [-0.1, -0.05) is 0 Å². The minimum absolute atomic E-state index is 0. The summed E-state index contributed by atoms with van der Waals surface area (Å²) in [6.45, 7) is 4.75. The Morgan fingerprint density at radius 2 is 1.82 bits per heavy atom. The Labute approximate surface area is 213 Å². The molecule has 0 fully saturated rings. The van der Waals surface area contributed by atoms with Gasteiger partial charge < -0.3 is 20.5 Å². The van der Waals surface area contributed by atoms with E-state index in [2.05, 4.69) is 25.8 Å². The van der Waals surface area contributed by atoms with Crippen molar-refractivity contribution in [3.8, 4) is 5.00 Å². The normalized spacial score (nSPS) is 14.5. The van der Waals surface area contributed by atoms with Crippen LogP contribution in [-0.4, -0.2) is 29.6 Å². The second-order valence-electron chi connectivity index (χ2n) is 8.39. The number of fused-ring (bicyclic) bond motifs is 2. The third-order valence-corrected chi connectivity index (χ3v) is 8.74. The van der Waals surface area contributed by atoms with Gasteiger partial charge in [-0.3, -0.25) is 10.1 Å². The molecule has 3 aromatic heterocycles. The molecule has 0 saturated heterocycles. The minimum atomic E-state index is -0.272. The number of carbonyl (C=O) groups excluding carboxylic acids is 2. The first-order valence-electron chi connectivity index (χ1n) is 11.6.